The van der Waals surface area contributed by atoms with Gasteiger partial charge in [-0.05, 0) is 18.9 Å². The van der Waals surface area contributed by atoms with Gasteiger partial charge >= 0.3 is 6.18 Å². The van der Waals surface area contributed by atoms with Gasteiger partial charge in [0.25, 0.3) is 0 Å². The Morgan fingerprint density at radius 1 is 1.09 bits per heavy atom. The SMILES string of the molecule is O[C@@H]1CCCC[C@@H]1Sc1nc(C(F)(F)F)nc2ccccc12. The summed E-state index contributed by atoms with van der Waals surface area (Å²) in [5.74, 6) is -1.13. The minimum atomic E-state index is -4.58. The van der Waals surface area contributed by atoms with Crippen LogP contribution in [0.2, 0.25) is 0 Å². The van der Waals surface area contributed by atoms with Crippen molar-refractivity contribution in [1.29, 1.82) is 0 Å². The number of nitrogens with zero attached hydrogens (tertiary/aromatic N) is 2. The molecule has 1 fully saturated rings. The van der Waals surface area contributed by atoms with Crippen LogP contribution in [0.1, 0.15) is 31.5 Å². The Bertz CT molecular complexity index is 677. The maximum atomic E-state index is 13.0. The molecule has 0 saturated heterocycles. The molecule has 2 aromatic rings. The molecule has 1 aromatic carbocycles. The summed E-state index contributed by atoms with van der Waals surface area (Å²) in [7, 11) is 0. The normalized spacial score (nSPS) is 22.9. The summed E-state index contributed by atoms with van der Waals surface area (Å²) < 4.78 is 38.9. The Morgan fingerprint density at radius 2 is 1.82 bits per heavy atom. The molecular formula is C15H15F3N2OS. The lowest BCUT2D eigenvalue weighted by Crippen LogP contribution is -2.27. The van der Waals surface area contributed by atoms with Crippen LogP contribution in [0, 0.1) is 0 Å². The third kappa shape index (κ3) is 3.20. The average molecular weight is 328 g/mol. The zero-order valence-electron chi connectivity index (χ0n) is 11.7. The van der Waals surface area contributed by atoms with E-state index in [4.69, 9.17) is 0 Å². The fourth-order valence-corrected chi connectivity index (χ4v) is 3.93. The van der Waals surface area contributed by atoms with Crippen molar-refractivity contribution in [3.63, 3.8) is 0 Å². The average Bonchev–Trinajstić information content (AvgIpc) is 2.48. The lowest BCUT2D eigenvalue weighted by Gasteiger charge is -2.27. The van der Waals surface area contributed by atoms with Crippen molar-refractivity contribution in [1.82, 2.24) is 9.97 Å². The van der Waals surface area contributed by atoms with Crippen molar-refractivity contribution in [3.8, 4) is 0 Å². The molecule has 3 rings (SSSR count). The van der Waals surface area contributed by atoms with Crippen LogP contribution >= 0.6 is 11.8 Å². The van der Waals surface area contributed by atoms with Crippen molar-refractivity contribution >= 4 is 22.7 Å². The lowest BCUT2D eigenvalue weighted by atomic mass is 9.97. The van der Waals surface area contributed by atoms with E-state index >= 15 is 0 Å². The number of thioether (sulfide) groups is 1. The quantitative estimate of drug-likeness (QED) is 0.845. The number of fused-ring (bicyclic) bond motifs is 1. The number of aliphatic hydroxyl groups is 1. The number of aliphatic hydroxyl groups excluding tert-OH is 1. The minimum absolute atomic E-state index is 0.117. The van der Waals surface area contributed by atoms with Crippen LogP contribution in [0.3, 0.4) is 0 Å². The maximum absolute atomic E-state index is 13.0. The number of alkyl halides is 3. The number of rotatable bonds is 2. The molecule has 0 unspecified atom stereocenters. The standard InChI is InChI=1S/C15H15F3N2OS/c16-15(17,18)14-19-10-6-2-1-5-9(10)13(20-14)22-12-8-4-3-7-11(12)21/h1-2,5-6,11-12,21H,3-4,7-8H2/t11-,12+/m1/s1. The van der Waals surface area contributed by atoms with Crippen LogP contribution in [-0.2, 0) is 6.18 Å². The zero-order chi connectivity index (χ0) is 15.7. The van der Waals surface area contributed by atoms with Gasteiger partial charge in [-0.25, -0.2) is 9.97 Å². The largest absolute Gasteiger partial charge is 0.451 e. The van der Waals surface area contributed by atoms with Gasteiger partial charge in [0.15, 0.2) is 0 Å². The molecule has 22 heavy (non-hydrogen) atoms. The van der Waals surface area contributed by atoms with Gasteiger partial charge in [0.1, 0.15) is 5.03 Å². The molecule has 0 bridgehead atoms. The second-order valence-corrected chi connectivity index (χ2v) is 6.60. The van der Waals surface area contributed by atoms with Gasteiger partial charge in [0.2, 0.25) is 5.82 Å². The summed E-state index contributed by atoms with van der Waals surface area (Å²) in [6.45, 7) is 0. The highest BCUT2D eigenvalue weighted by Gasteiger charge is 2.36. The third-order valence-electron chi connectivity index (χ3n) is 3.75. The first-order chi connectivity index (χ1) is 10.4. The zero-order valence-corrected chi connectivity index (χ0v) is 12.5. The van der Waals surface area contributed by atoms with Gasteiger partial charge in [-0.3, -0.25) is 0 Å². The summed E-state index contributed by atoms with van der Waals surface area (Å²) >= 11 is 1.23. The maximum Gasteiger partial charge on any atom is 0.451 e. The van der Waals surface area contributed by atoms with E-state index in [0.717, 1.165) is 19.3 Å². The third-order valence-corrected chi connectivity index (χ3v) is 5.14. The predicted molar refractivity (Wildman–Crippen MR) is 78.7 cm³/mol. The molecule has 0 aliphatic heterocycles. The van der Waals surface area contributed by atoms with Crippen LogP contribution in [0.25, 0.3) is 10.9 Å². The molecule has 3 nitrogen and oxygen atoms in total. The number of halogens is 3. The predicted octanol–water partition coefficient (Wildman–Crippen LogP) is 4.04. The number of hydrogen-bond acceptors (Lipinski definition) is 4. The monoisotopic (exact) mass is 328 g/mol. The van der Waals surface area contributed by atoms with Crippen LogP contribution in [-0.4, -0.2) is 26.4 Å². The van der Waals surface area contributed by atoms with Gasteiger partial charge in [-0.2, -0.15) is 13.2 Å². The molecule has 1 heterocycles. The highest BCUT2D eigenvalue weighted by atomic mass is 32.2. The molecule has 7 heteroatoms. The molecule has 0 spiro atoms. The number of benzene rings is 1. The van der Waals surface area contributed by atoms with Crippen LogP contribution in [0.5, 0.6) is 0 Å². The lowest BCUT2D eigenvalue weighted by molar-refractivity contribution is -0.145. The highest BCUT2D eigenvalue weighted by molar-refractivity contribution is 8.00. The second kappa shape index (κ2) is 6.04. The first-order valence-corrected chi connectivity index (χ1v) is 8.02. The molecule has 1 saturated carbocycles. The van der Waals surface area contributed by atoms with Crippen LogP contribution < -0.4 is 0 Å². The van der Waals surface area contributed by atoms with Crippen molar-refractivity contribution in [2.75, 3.05) is 0 Å². The Balaban J connectivity index is 2.02. The molecule has 1 aromatic heterocycles. The number of hydrogen-bond donors (Lipinski definition) is 1. The van der Waals surface area contributed by atoms with E-state index in [1.54, 1.807) is 24.3 Å². The van der Waals surface area contributed by atoms with Crippen molar-refractivity contribution in [2.24, 2.45) is 0 Å². The summed E-state index contributed by atoms with van der Waals surface area (Å²) in [6.07, 6.45) is -1.68. The second-order valence-electron chi connectivity index (χ2n) is 5.38. The first-order valence-electron chi connectivity index (χ1n) is 7.14. The summed E-state index contributed by atoms with van der Waals surface area (Å²) in [5, 5.41) is 10.8. The van der Waals surface area contributed by atoms with Gasteiger partial charge in [-0.1, -0.05) is 42.8 Å². The Hall–Kier alpha value is -1.34. The Labute approximate surface area is 130 Å². The number of para-hydroxylation sites is 1. The molecular weight excluding hydrogens is 313 g/mol. The summed E-state index contributed by atoms with van der Waals surface area (Å²) in [4.78, 5) is 7.32. The van der Waals surface area contributed by atoms with Gasteiger partial charge in [-0.15, -0.1) is 0 Å². The van der Waals surface area contributed by atoms with E-state index < -0.39 is 18.1 Å². The summed E-state index contributed by atoms with van der Waals surface area (Å²) in [5.41, 5.74) is 0.276. The number of aromatic nitrogens is 2. The molecule has 1 N–H and O–H groups in total. The van der Waals surface area contributed by atoms with E-state index in [9.17, 15) is 18.3 Å². The molecule has 0 radical (unpaired) electrons. The van der Waals surface area contributed by atoms with E-state index in [1.807, 2.05) is 0 Å². The fraction of sp³-hybridized carbons (Fsp3) is 0.467. The minimum Gasteiger partial charge on any atom is -0.392 e. The van der Waals surface area contributed by atoms with Crippen molar-refractivity contribution < 1.29 is 18.3 Å². The Kier molecular flexibility index (Phi) is 4.27. The van der Waals surface area contributed by atoms with Crippen LogP contribution in [0.15, 0.2) is 29.3 Å². The molecule has 2 atom stereocenters. The van der Waals surface area contributed by atoms with Crippen LogP contribution in [0.4, 0.5) is 13.2 Å². The summed E-state index contributed by atoms with van der Waals surface area (Å²) in [6, 6.07) is 6.67. The Morgan fingerprint density at radius 3 is 2.55 bits per heavy atom. The van der Waals surface area contributed by atoms with E-state index in [2.05, 4.69) is 9.97 Å². The topological polar surface area (TPSA) is 46.0 Å². The van der Waals surface area contributed by atoms with E-state index in [1.165, 1.54) is 11.8 Å². The smallest absolute Gasteiger partial charge is 0.392 e. The van der Waals surface area contributed by atoms with Crippen molar-refractivity contribution in [2.45, 2.75) is 48.2 Å². The van der Waals surface area contributed by atoms with Gasteiger partial charge in [0.05, 0.1) is 11.6 Å². The highest BCUT2D eigenvalue weighted by Crippen LogP contribution is 2.37. The van der Waals surface area contributed by atoms with E-state index in [0.29, 0.717) is 16.8 Å². The molecule has 0 amide bonds. The van der Waals surface area contributed by atoms with Gasteiger partial charge < -0.3 is 5.11 Å². The first kappa shape index (κ1) is 15.6. The molecule has 1 aliphatic carbocycles. The fourth-order valence-electron chi connectivity index (χ4n) is 2.62. The van der Waals surface area contributed by atoms with Gasteiger partial charge in [0, 0.05) is 10.6 Å². The van der Waals surface area contributed by atoms with Crippen molar-refractivity contribution in [3.05, 3.63) is 30.1 Å². The van der Waals surface area contributed by atoms with E-state index in [-0.39, 0.29) is 10.8 Å². The molecule has 118 valence electrons. The molecule has 1 aliphatic rings.